The molecule has 0 aliphatic carbocycles. The van der Waals surface area contributed by atoms with E-state index in [9.17, 15) is 18.0 Å². The number of rotatable bonds is 9. The Kier molecular flexibility index (Phi) is 8.46. The van der Waals surface area contributed by atoms with Gasteiger partial charge in [0.1, 0.15) is 11.8 Å². The van der Waals surface area contributed by atoms with Crippen LogP contribution in [0.4, 0.5) is 5.69 Å². The number of hydrogen-bond donors (Lipinski definition) is 2. The van der Waals surface area contributed by atoms with Gasteiger partial charge in [-0.25, -0.2) is 8.42 Å². The Hall–Kier alpha value is -2.47. The largest absolute Gasteiger partial charge is 0.492 e. The van der Waals surface area contributed by atoms with Crippen LogP contribution in [-0.4, -0.2) is 63.5 Å². The Balaban J connectivity index is 1.85. The highest BCUT2D eigenvalue weighted by molar-refractivity contribution is 7.89. The summed E-state index contributed by atoms with van der Waals surface area (Å²) in [6.07, 6.45) is 0. The second-order valence-corrected chi connectivity index (χ2v) is 10.7. The van der Waals surface area contributed by atoms with Crippen molar-refractivity contribution in [1.29, 1.82) is 0 Å². The first-order chi connectivity index (χ1) is 15.7. The number of benzene rings is 1. The Morgan fingerprint density at radius 3 is 2.55 bits per heavy atom. The number of sulfonamides is 1. The summed E-state index contributed by atoms with van der Waals surface area (Å²) in [5.41, 5.74) is 0.229. The van der Waals surface area contributed by atoms with Gasteiger partial charge in [0, 0.05) is 13.1 Å². The molecule has 1 unspecified atom stereocenters. The van der Waals surface area contributed by atoms with Crippen molar-refractivity contribution in [2.24, 2.45) is 5.92 Å². The fourth-order valence-electron chi connectivity index (χ4n) is 3.35. The van der Waals surface area contributed by atoms with Crippen LogP contribution in [0.5, 0.6) is 5.75 Å². The van der Waals surface area contributed by atoms with E-state index in [1.807, 2.05) is 13.8 Å². The van der Waals surface area contributed by atoms with E-state index in [0.717, 1.165) is 0 Å². The third-order valence-corrected chi connectivity index (χ3v) is 7.86. The maximum atomic E-state index is 13.1. The third kappa shape index (κ3) is 6.11. The lowest BCUT2D eigenvalue weighted by Crippen LogP contribution is -2.47. The molecule has 0 spiro atoms. The SMILES string of the molecule is CCOc1ccc(S(=O)(=O)N2CCOCC2)cc1NC(=O)C(NC(=O)c1cccs1)C(C)C. The van der Waals surface area contributed by atoms with E-state index in [1.54, 1.807) is 24.4 Å². The van der Waals surface area contributed by atoms with Gasteiger partial charge in [0.05, 0.1) is 35.3 Å². The first-order valence-electron chi connectivity index (χ1n) is 10.7. The van der Waals surface area contributed by atoms with Crippen LogP contribution in [0.25, 0.3) is 0 Å². The molecular weight excluding hydrogens is 466 g/mol. The summed E-state index contributed by atoms with van der Waals surface area (Å²) in [6.45, 7) is 6.97. The molecule has 0 radical (unpaired) electrons. The van der Waals surface area contributed by atoms with Crippen LogP contribution in [0.15, 0.2) is 40.6 Å². The van der Waals surface area contributed by atoms with Gasteiger partial charge in [0.25, 0.3) is 5.91 Å². The van der Waals surface area contributed by atoms with Crippen molar-refractivity contribution in [2.75, 3.05) is 38.2 Å². The molecule has 33 heavy (non-hydrogen) atoms. The van der Waals surface area contributed by atoms with Gasteiger partial charge in [-0.3, -0.25) is 9.59 Å². The summed E-state index contributed by atoms with van der Waals surface area (Å²) in [7, 11) is -3.76. The number of thiophene rings is 1. The van der Waals surface area contributed by atoms with Gasteiger partial charge in [-0.15, -0.1) is 11.3 Å². The molecule has 1 saturated heterocycles. The molecule has 1 aromatic heterocycles. The zero-order valence-electron chi connectivity index (χ0n) is 18.9. The third-order valence-electron chi connectivity index (χ3n) is 5.10. The van der Waals surface area contributed by atoms with Crippen molar-refractivity contribution < 1.29 is 27.5 Å². The minimum atomic E-state index is -3.76. The van der Waals surface area contributed by atoms with Crippen molar-refractivity contribution in [1.82, 2.24) is 9.62 Å². The zero-order valence-corrected chi connectivity index (χ0v) is 20.5. The molecule has 1 atom stereocenters. The van der Waals surface area contributed by atoms with E-state index in [1.165, 1.54) is 33.8 Å². The van der Waals surface area contributed by atoms with E-state index in [2.05, 4.69) is 10.6 Å². The van der Waals surface area contributed by atoms with Crippen LogP contribution in [0.2, 0.25) is 0 Å². The average Bonchev–Trinajstić information content (AvgIpc) is 3.34. The van der Waals surface area contributed by atoms with Crippen LogP contribution < -0.4 is 15.4 Å². The van der Waals surface area contributed by atoms with Crippen molar-refractivity contribution >= 4 is 38.9 Å². The predicted octanol–water partition coefficient (Wildman–Crippen LogP) is 2.56. The molecule has 2 amide bonds. The summed E-state index contributed by atoms with van der Waals surface area (Å²) in [6, 6.07) is 7.01. The van der Waals surface area contributed by atoms with Gasteiger partial charge in [-0.05, 0) is 42.5 Å². The highest BCUT2D eigenvalue weighted by atomic mass is 32.2. The molecule has 2 N–H and O–H groups in total. The summed E-state index contributed by atoms with van der Waals surface area (Å²) in [5, 5.41) is 7.31. The molecule has 1 aromatic carbocycles. The summed E-state index contributed by atoms with van der Waals surface area (Å²) in [4.78, 5) is 26.2. The quantitative estimate of drug-likeness (QED) is 0.553. The number of carbonyl (C=O) groups excluding carboxylic acids is 2. The number of nitrogens with one attached hydrogen (secondary N) is 2. The summed E-state index contributed by atoms with van der Waals surface area (Å²) >= 11 is 1.28. The van der Waals surface area contributed by atoms with Crippen molar-refractivity contribution in [3.05, 3.63) is 40.6 Å². The van der Waals surface area contributed by atoms with E-state index < -0.39 is 22.0 Å². The van der Waals surface area contributed by atoms with Gasteiger partial charge in [-0.2, -0.15) is 4.31 Å². The monoisotopic (exact) mass is 495 g/mol. The van der Waals surface area contributed by atoms with Gasteiger partial charge >= 0.3 is 0 Å². The molecule has 11 heteroatoms. The first-order valence-corrected chi connectivity index (χ1v) is 13.1. The normalized spacial score (nSPS) is 15.8. The van der Waals surface area contributed by atoms with E-state index in [0.29, 0.717) is 30.4 Å². The molecule has 0 bridgehead atoms. The molecule has 2 heterocycles. The van der Waals surface area contributed by atoms with Crippen LogP contribution in [0, 0.1) is 5.92 Å². The molecular formula is C22H29N3O6S2. The number of nitrogens with zero attached hydrogens (tertiary/aromatic N) is 1. The second kappa shape index (κ2) is 11.1. The maximum Gasteiger partial charge on any atom is 0.262 e. The first kappa shape index (κ1) is 25.2. The predicted molar refractivity (Wildman–Crippen MR) is 126 cm³/mol. The highest BCUT2D eigenvalue weighted by Crippen LogP contribution is 2.30. The van der Waals surface area contributed by atoms with Crippen molar-refractivity contribution in [3.8, 4) is 5.75 Å². The topological polar surface area (TPSA) is 114 Å². The Bertz CT molecular complexity index is 1060. The maximum absolute atomic E-state index is 13.1. The lowest BCUT2D eigenvalue weighted by atomic mass is 10.0. The van der Waals surface area contributed by atoms with Crippen LogP contribution >= 0.6 is 11.3 Å². The second-order valence-electron chi connectivity index (χ2n) is 7.77. The number of morpholine rings is 1. The number of ether oxygens (including phenoxy) is 2. The van der Waals surface area contributed by atoms with E-state index in [-0.39, 0.29) is 35.5 Å². The standard InChI is InChI=1S/C22H29N3O6S2/c1-4-31-18-8-7-16(33(28,29)25-9-11-30-12-10-25)14-17(18)23-22(27)20(15(2)3)24-21(26)19-6-5-13-32-19/h5-8,13-15,20H,4,9-12H2,1-3H3,(H,23,27)(H,24,26). The fourth-order valence-corrected chi connectivity index (χ4v) is 5.41. The molecule has 2 aromatic rings. The summed E-state index contributed by atoms with van der Waals surface area (Å²) in [5.74, 6) is -0.659. The molecule has 1 aliphatic rings. The average molecular weight is 496 g/mol. The minimum absolute atomic E-state index is 0.0480. The molecule has 3 rings (SSSR count). The van der Waals surface area contributed by atoms with Gasteiger partial charge in [-0.1, -0.05) is 19.9 Å². The van der Waals surface area contributed by atoms with E-state index in [4.69, 9.17) is 9.47 Å². The van der Waals surface area contributed by atoms with Crippen LogP contribution in [-0.2, 0) is 19.6 Å². The highest BCUT2D eigenvalue weighted by Gasteiger charge is 2.29. The Morgan fingerprint density at radius 2 is 1.94 bits per heavy atom. The van der Waals surface area contributed by atoms with Crippen molar-refractivity contribution in [3.63, 3.8) is 0 Å². The smallest absolute Gasteiger partial charge is 0.262 e. The molecule has 0 saturated carbocycles. The number of carbonyl (C=O) groups is 2. The summed E-state index contributed by atoms with van der Waals surface area (Å²) < 4.78 is 38.4. The zero-order chi connectivity index (χ0) is 24.0. The molecule has 9 nitrogen and oxygen atoms in total. The minimum Gasteiger partial charge on any atom is -0.492 e. The molecule has 1 fully saturated rings. The van der Waals surface area contributed by atoms with Gasteiger partial charge in [0.15, 0.2) is 0 Å². The Labute approximate surface area is 198 Å². The van der Waals surface area contributed by atoms with Gasteiger partial charge in [0.2, 0.25) is 15.9 Å². The Morgan fingerprint density at radius 1 is 1.21 bits per heavy atom. The fraction of sp³-hybridized carbons (Fsp3) is 0.455. The van der Waals surface area contributed by atoms with Crippen LogP contribution in [0.3, 0.4) is 0 Å². The number of amides is 2. The molecule has 180 valence electrons. The number of hydrogen-bond acceptors (Lipinski definition) is 7. The molecule has 1 aliphatic heterocycles. The number of anilines is 1. The van der Waals surface area contributed by atoms with Crippen LogP contribution in [0.1, 0.15) is 30.4 Å². The van der Waals surface area contributed by atoms with Crippen molar-refractivity contribution in [2.45, 2.75) is 31.7 Å². The van der Waals surface area contributed by atoms with Gasteiger partial charge < -0.3 is 20.1 Å². The van der Waals surface area contributed by atoms with E-state index >= 15 is 0 Å². The lowest BCUT2D eigenvalue weighted by Gasteiger charge is -2.26. The lowest BCUT2D eigenvalue weighted by molar-refractivity contribution is -0.118.